The largest absolute Gasteiger partial charge is 0.380 e. The molecule has 1 atom stereocenters. The number of hydrogen-bond acceptors (Lipinski definition) is 3. The molecule has 3 rings (SSSR count). The number of pyridine rings is 1. The van der Waals surface area contributed by atoms with Gasteiger partial charge in [-0.3, -0.25) is 4.98 Å². The van der Waals surface area contributed by atoms with Gasteiger partial charge in [0.25, 0.3) is 0 Å². The van der Waals surface area contributed by atoms with Crippen molar-refractivity contribution >= 4 is 10.8 Å². The molecule has 0 amide bonds. The summed E-state index contributed by atoms with van der Waals surface area (Å²) in [6.07, 6.45) is 4.95. The second-order valence-electron chi connectivity index (χ2n) is 4.87. The second kappa shape index (κ2) is 5.46. The van der Waals surface area contributed by atoms with Gasteiger partial charge in [0.05, 0.1) is 13.2 Å². The van der Waals surface area contributed by atoms with Gasteiger partial charge >= 0.3 is 0 Å². The molecular weight excluding hydrogens is 224 g/mol. The predicted molar refractivity (Wildman–Crippen MR) is 72.6 cm³/mol. The van der Waals surface area contributed by atoms with E-state index in [4.69, 9.17) is 4.74 Å². The van der Waals surface area contributed by atoms with Crippen LogP contribution in [0, 0.1) is 5.92 Å². The molecule has 18 heavy (non-hydrogen) atoms. The van der Waals surface area contributed by atoms with Gasteiger partial charge in [0.15, 0.2) is 0 Å². The van der Waals surface area contributed by atoms with Crippen LogP contribution in [0.3, 0.4) is 0 Å². The van der Waals surface area contributed by atoms with E-state index in [1.807, 2.05) is 12.4 Å². The highest BCUT2D eigenvalue weighted by Gasteiger charge is 2.14. The Morgan fingerprint density at radius 1 is 1.28 bits per heavy atom. The first-order valence-electron chi connectivity index (χ1n) is 6.53. The minimum Gasteiger partial charge on any atom is -0.380 e. The zero-order valence-electron chi connectivity index (χ0n) is 10.4. The standard InChI is InChI=1S/C15H18N2O/c1-2-4-15-13(3-1)9-17-10-14(15)7-12-8-16-5-6-18-11-12/h1-4,9-10,12,16H,5-8,11H2/t12-/m0/s1. The molecule has 0 unspecified atom stereocenters. The van der Waals surface area contributed by atoms with E-state index >= 15 is 0 Å². The van der Waals surface area contributed by atoms with E-state index in [0.717, 1.165) is 32.7 Å². The average molecular weight is 242 g/mol. The zero-order valence-corrected chi connectivity index (χ0v) is 10.4. The quantitative estimate of drug-likeness (QED) is 0.874. The van der Waals surface area contributed by atoms with Crippen molar-refractivity contribution in [1.82, 2.24) is 10.3 Å². The van der Waals surface area contributed by atoms with Crippen LogP contribution < -0.4 is 5.32 Å². The van der Waals surface area contributed by atoms with E-state index in [-0.39, 0.29) is 0 Å². The summed E-state index contributed by atoms with van der Waals surface area (Å²) in [5, 5.41) is 5.96. The lowest BCUT2D eigenvalue weighted by molar-refractivity contribution is 0.123. The number of nitrogens with zero attached hydrogens (tertiary/aromatic N) is 1. The summed E-state index contributed by atoms with van der Waals surface area (Å²) < 4.78 is 5.61. The van der Waals surface area contributed by atoms with E-state index in [0.29, 0.717) is 5.92 Å². The summed E-state index contributed by atoms with van der Waals surface area (Å²) >= 11 is 0. The van der Waals surface area contributed by atoms with Crippen molar-refractivity contribution < 1.29 is 4.74 Å². The number of rotatable bonds is 2. The van der Waals surface area contributed by atoms with E-state index in [1.165, 1.54) is 16.3 Å². The Labute approximate surface area is 107 Å². The van der Waals surface area contributed by atoms with Crippen molar-refractivity contribution in [3.05, 3.63) is 42.2 Å². The van der Waals surface area contributed by atoms with E-state index in [1.54, 1.807) is 0 Å². The summed E-state index contributed by atoms with van der Waals surface area (Å²) in [6, 6.07) is 8.45. The van der Waals surface area contributed by atoms with Gasteiger partial charge in [-0.15, -0.1) is 0 Å². The number of nitrogens with one attached hydrogen (secondary N) is 1. The molecule has 94 valence electrons. The lowest BCUT2D eigenvalue weighted by Gasteiger charge is -2.14. The van der Waals surface area contributed by atoms with E-state index in [2.05, 4.69) is 34.6 Å². The molecular formula is C15H18N2O. The summed E-state index contributed by atoms with van der Waals surface area (Å²) in [5.41, 5.74) is 1.32. The minimum absolute atomic E-state index is 0.542. The van der Waals surface area contributed by atoms with Crippen molar-refractivity contribution in [3.8, 4) is 0 Å². The van der Waals surface area contributed by atoms with Crippen molar-refractivity contribution in [3.63, 3.8) is 0 Å². The molecule has 0 radical (unpaired) electrons. The smallest absolute Gasteiger partial charge is 0.0591 e. The molecule has 0 saturated carbocycles. The Morgan fingerprint density at radius 2 is 2.22 bits per heavy atom. The highest BCUT2D eigenvalue weighted by Crippen LogP contribution is 2.20. The van der Waals surface area contributed by atoms with E-state index in [9.17, 15) is 0 Å². The van der Waals surface area contributed by atoms with Crippen LogP contribution in [0.15, 0.2) is 36.7 Å². The van der Waals surface area contributed by atoms with Crippen molar-refractivity contribution in [2.75, 3.05) is 26.3 Å². The van der Waals surface area contributed by atoms with Gasteiger partial charge in [0.2, 0.25) is 0 Å². The molecule has 2 aromatic rings. The number of fused-ring (bicyclic) bond motifs is 1. The van der Waals surface area contributed by atoms with Gasteiger partial charge in [-0.1, -0.05) is 24.3 Å². The fraction of sp³-hybridized carbons (Fsp3) is 0.400. The summed E-state index contributed by atoms with van der Waals surface area (Å²) in [6.45, 7) is 3.66. The predicted octanol–water partition coefficient (Wildman–Crippen LogP) is 2.01. The highest BCUT2D eigenvalue weighted by molar-refractivity contribution is 5.84. The van der Waals surface area contributed by atoms with Crippen LogP contribution in [-0.2, 0) is 11.2 Å². The third-order valence-corrected chi connectivity index (χ3v) is 3.47. The molecule has 1 aliphatic rings. The summed E-state index contributed by atoms with van der Waals surface area (Å²) in [4.78, 5) is 4.34. The lowest BCUT2D eigenvalue weighted by Crippen LogP contribution is -2.24. The Balaban J connectivity index is 1.85. The van der Waals surface area contributed by atoms with Crippen LogP contribution in [0.1, 0.15) is 5.56 Å². The Morgan fingerprint density at radius 3 is 3.22 bits per heavy atom. The first-order chi connectivity index (χ1) is 8.93. The van der Waals surface area contributed by atoms with Crippen LogP contribution in [0.4, 0.5) is 0 Å². The Bertz CT molecular complexity index is 513. The van der Waals surface area contributed by atoms with Gasteiger partial charge in [0, 0.05) is 30.9 Å². The molecule has 1 aliphatic heterocycles. The highest BCUT2D eigenvalue weighted by atomic mass is 16.5. The maximum absolute atomic E-state index is 5.61. The molecule has 1 aromatic heterocycles. The molecule has 3 nitrogen and oxygen atoms in total. The molecule has 0 bridgehead atoms. The number of aromatic nitrogens is 1. The fourth-order valence-electron chi connectivity index (χ4n) is 2.54. The normalized spacial score (nSPS) is 20.8. The maximum Gasteiger partial charge on any atom is 0.0591 e. The number of ether oxygens (including phenoxy) is 1. The van der Waals surface area contributed by atoms with Gasteiger partial charge in [-0.2, -0.15) is 0 Å². The molecule has 1 fully saturated rings. The molecule has 0 spiro atoms. The molecule has 1 aromatic carbocycles. The number of hydrogen-bond donors (Lipinski definition) is 1. The van der Waals surface area contributed by atoms with Crippen molar-refractivity contribution in [1.29, 1.82) is 0 Å². The lowest BCUT2D eigenvalue weighted by atomic mass is 9.97. The fourth-order valence-corrected chi connectivity index (χ4v) is 2.54. The maximum atomic E-state index is 5.61. The molecule has 3 heteroatoms. The third kappa shape index (κ3) is 2.52. The van der Waals surface area contributed by atoms with Crippen LogP contribution in [-0.4, -0.2) is 31.3 Å². The Kier molecular flexibility index (Phi) is 3.53. The van der Waals surface area contributed by atoms with Crippen LogP contribution in [0.2, 0.25) is 0 Å². The molecule has 1 N–H and O–H groups in total. The van der Waals surface area contributed by atoms with Crippen LogP contribution in [0.5, 0.6) is 0 Å². The zero-order chi connectivity index (χ0) is 12.2. The Hall–Kier alpha value is -1.45. The number of benzene rings is 1. The summed E-state index contributed by atoms with van der Waals surface area (Å²) in [7, 11) is 0. The second-order valence-corrected chi connectivity index (χ2v) is 4.87. The van der Waals surface area contributed by atoms with Gasteiger partial charge in [-0.05, 0) is 23.3 Å². The van der Waals surface area contributed by atoms with Gasteiger partial charge in [-0.25, -0.2) is 0 Å². The van der Waals surface area contributed by atoms with Gasteiger partial charge < -0.3 is 10.1 Å². The first-order valence-corrected chi connectivity index (χ1v) is 6.53. The topological polar surface area (TPSA) is 34.1 Å². The molecule has 2 heterocycles. The van der Waals surface area contributed by atoms with Crippen LogP contribution >= 0.6 is 0 Å². The monoisotopic (exact) mass is 242 g/mol. The first kappa shape index (κ1) is 11.6. The average Bonchev–Trinajstić information content (AvgIpc) is 2.68. The SMILES string of the molecule is c1ccc2c(C[C@H]3CNCCOC3)cncc2c1. The molecule has 1 saturated heterocycles. The summed E-state index contributed by atoms with van der Waals surface area (Å²) in [5.74, 6) is 0.542. The van der Waals surface area contributed by atoms with Crippen molar-refractivity contribution in [2.45, 2.75) is 6.42 Å². The van der Waals surface area contributed by atoms with Crippen molar-refractivity contribution in [2.24, 2.45) is 5.92 Å². The van der Waals surface area contributed by atoms with Gasteiger partial charge in [0.1, 0.15) is 0 Å². The van der Waals surface area contributed by atoms with Crippen LogP contribution in [0.25, 0.3) is 10.8 Å². The third-order valence-electron chi connectivity index (χ3n) is 3.47. The molecule has 0 aliphatic carbocycles. The minimum atomic E-state index is 0.542. The van der Waals surface area contributed by atoms with E-state index < -0.39 is 0 Å².